The van der Waals surface area contributed by atoms with Gasteiger partial charge in [-0.3, -0.25) is 9.78 Å². The molecule has 0 aliphatic rings. The zero-order valence-corrected chi connectivity index (χ0v) is 13.5. The zero-order chi connectivity index (χ0) is 16.4. The van der Waals surface area contributed by atoms with Crippen LogP contribution in [0.15, 0.2) is 42.5 Å². The Hall–Kier alpha value is -2.62. The normalized spacial score (nSPS) is 12.3. The van der Waals surface area contributed by atoms with E-state index in [2.05, 4.69) is 0 Å². The van der Waals surface area contributed by atoms with Gasteiger partial charge in [-0.1, -0.05) is 24.3 Å². The fourth-order valence-corrected chi connectivity index (χ4v) is 2.80. The number of pyridine rings is 1. The summed E-state index contributed by atoms with van der Waals surface area (Å²) in [5, 5.41) is 3.10. The predicted molar refractivity (Wildman–Crippen MR) is 90.8 cm³/mol. The average molecular weight is 309 g/mol. The molecule has 0 fully saturated rings. The number of methoxy groups -OCH3 is 1. The molecule has 0 saturated carbocycles. The molecule has 0 bridgehead atoms. The van der Waals surface area contributed by atoms with Crippen molar-refractivity contribution in [1.29, 1.82) is 0 Å². The third kappa shape index (κ3) is 2.72. The first-order valence-electron chi connectivity index (χ1n) is 7.68. The molecule has 3 aromatic rings. The lowest BCUT2D eigenvalue weighted by Crippen LogP contribution is -2.14. The Balaban J connectivity index is 2.28. The van der Waals surface area contributed by atoms with E-state index in [9.17, 15) is 4.79 Å². The summed E-state index contributed by atoms with van der Waals surface area (Å²) in [6, 6.07) is 13.8. The fraction of sp³-hybridized carbons (Fsp3) is 0.263. The lowest BCUT2D eigenvalue weighted by Gasteiger charge is -2.15. The van der Waals surface area contributed by atoms with Crippen LogP contribution >= 0.6 is 0 Å². The largest absolute Gasteiger partial charge is 0.497 e. The maximum absolute atomic E-state index is 12.2. The first kappa shape index (κ1) is 15.3. The molecule has 1 aromatic heterocycles. The number of carbonyl (C=O) groups excluding carboxylic acids is 1. The summed E-state index contributed by atoms with van der Waals surface area (Å²) < 4.78 is 10.4. The van der Waals surface area contributed by atoms with Gasteiger partial charge in [0.2, 0.25) is 0 Å². The summed E-state index contributed by atoms with van der Waals surface area (Å²) in [7, 11) is 1.63. The van der Waals surface area contributed by atoms with E-state index in [1.165, 1.54) is 0 Å². The Morgan fingerprint density at radius 2 is 1.87 bits per heavy atom. The second kappa shape index (κ2) is 6.24. The predicted octanol–water partition coefficient (Wildman–Crippen LogP) is 4.06. The first-order chi connectivity index (χ1) is 11.2. The highest BCUT2D eigenvalue weighted by Crippen LogP contribution is 2.32. The molecular formula is C19H19NO3. The summed E-state index contributed by atoms with van der Waals surface area (Å²) in [5.74, 6) is 0.0675. The topological polar surface area (TPSA) is 48.4 Å². The summed E-state index contributed by atoms with van der Waals surface area (Å²) >= 11 is 0. The van der Waals surface area contributed by atoms with Crippen LogP contribution in [-0.4, -0.2) is 24.7 Å². The van der Waals surface area contributed by atoms with E-state index in [0.717, 1.165) is 33.1 Å². The van der Waals surface area contributed by atoms with Crippen LogP contribution in [0.1, 0.15) is 25.5 Å². The number of benzene rings is 2. The van der Waals surface area contributed by atoms with Gasteiger partial charge in [0.05, 0.1) is 30.8 Å². The van der Waals surface area contributed by atoms with Gasteiger partial charge < -0.3 is 9.47 Å². The highest BCUT2D eigenvalue weighted by Gasteiger charge is 2.21. The van der Waals surface area contributed by atoms with E-state index in [1.807, 2.05) is 49.4 Å². The Bertz CT molecular complexity index is 873. The summed E-state index contributed by atoms with van der Waals surface area (Å²) in [5.41, 5.74) is 1.55. The molecule has 0 amide bonds. The number of ether oxygens (including phenoxy) is 2. The van der Waals surface area contributed by atoms with Crippen LogP contribution < -0.4 is 4.74 Å². The standard InChI is InChI=1S/C19H19NO3/c1-4-23-19(21)12(2)18-16-8-6-5-7-14(16)15-10-9-13(22-3)11-17(15)20-18/h5-12H,4H2,1-3H3/t12-/m0/s1. The second-order valence-electron chi connectivity index (χ2n) is 5.40. The van der Waals surface area contributed by atoms with Gasteiger partial charge in [0.1, 0.15) is 5.75 Å². The van der Waals surface area contributed by atoms with Gasteiger partial charge in [-0.2, -0.15) is 0 Å². The van der Waals surface area contributed by atoms with E-state index in [1.54, 1.807) is 14.0 Å². The highest BCUT2D eigenvalue weighted by atomic mass is 16.5. The Morgan fingerprint density at radius 3 is 2.57 bits per heavy atom. The Morgan fingerprint density at radius 1 is 1.13 bits per heavy atom. The van der Waals surface area contributed by atoms with E-state index in [-0.39, 0.29) is 5.97 Å². The molecule has 4 nitrogen and oxygen atoms in total. The van der Waals surface area contributed by atoms with Gasteiger partial charge in [0.25, 0.3) is 0 Å². The van der Waals surface area contributed by atoms with Crippen molar-refractivity contribution >= 4 is 27.6 Å². The molecule has 1 atom stereocenters. The molecule has 0 spiro atoms. The summed E-state index contributed by atoms with van der Waals surface area (Å²) in [6.07, 6.45) is 0. The average Bonchev–Trinajstić information content (AvgIpc) is 2.60. The number of hydrogen-bond donors (Lipinski definition) is 0. The van der Waals surface area contributed by atoms with Gasteiger partial charge in [-0.05, 0) is 31.4 Å². The highest BCUT2D eigenvalue weighted by molar-refractivity contribution is 6.08. The fourth-order valence-electron chi connectivity index (χ4n) is 2.80. The van der Waals surface area contributed by atoms with Crippen molar-refractivity contribution in [3.05, 3.63) is 48.2 Å². The second-order valence-corrected chi connectivity index (χ2v) is 5.40. The summed E-state index contributed by atoms with van der Waals surface area (Å²) in [4.78, 5) is 16.9. The molecule has 23 heavy (non-hydrogen) atoms. The number of hydrogen-bond acceptors (Lipinski definition) is 4. The SMILES string of the molecule is CCOC(=O)[C@@H](C)c1nc2cc(OC)ccc2c2ccccc12. The molecule has 1 heterocycles. The molecule has 0 N–H and O–H groups in total. The van der Waals surface area contributed by atoms with Crippen LogP contribution in [0.5, 0.6) is 5.75 Å². The molecule has 0 aliphatic heterocycles. The number of carbonyl (C=O) groups is 1. The Kier molecular flexibility index (Phi) is 4.15. The first-order valence-corrected chi connectivity index (χ1v) is 7.68. The number of aromatic nitrogens is 1. The van der Waals surface area contributed by atoms with Gasteiger partial charge in [0.15, 0.2) is 0 Å². The minimum atomic E-state index is -0.421. The maximum atomic E-state index is 12.2. The van der Waals surface area contributed by atoms with Crippen molar-refractivity contribution < 1.29 is 14.3 Å². The molecule has 2 aromatic carbocycles. The minimum absolute atomic E-state index is 0.257. The van der Waals surface area contributed by atoms with E-state index < -0.39 is 5.92 Å². The van der Waals surface area contributed by atoms with Crippen molar-refractivity contribution in [2.75, 3.05) is 13.7 Å². The number of esters is 1. The van der Waals surface area contributed by atoms with Gasteiger partial charge in [-0.25, -0.2) is 0 Å². The molecule has 4 heteroatoms. The molecule has 3 rings (SSSR count). The molecular weight excluding hydrogens is 290 g/mol. The van der Waals surface area contributed by atoms with E-state index >= 15 is 0 Å². The van der Waals surface area contributed by atoms with Gasteiger partial charge in [0, 0.05) is 16.8 Å². The molecule has 0 aliphatic carbocycles. The Labute approximate surface area is 135 Å². The molecule has 118 valence electrons. The van der Waals surface area contributed by atoms with Crippen LogP contribution in [-0.2, 0) is 9.53 Å². The lowest BCUT2D eigenvalue weighted by atomic mass is 9.97. The van der Waals surface area contributed by atoms with Gasteiger partial charge >= 0.3 is 5.97 Å². The zero-order valence-electron chi connectivity index (χ0n) is 13.5. The van der Waals surface area contributed by atoms with Crippen molar-refractivity contribution in [2.45, 2.75) is 19.8 Å². The van der Waals surface area contributed by atoms with Crippen LogP contribution in [0.4, 0.5) is 0 Å². The van der Waals surface area contributed by atoms with Crippen LogP contribution in [0, 0.1) is 0 Å². The van der Waals surface area contributed by atoms with Crippen molar-refractivity contribution in [3.63, 3.8) is 0 Å². The minimum Gasteiger partial charge on any atom is -0.497 e. The van der Waals surface area contributed by atoms with Crippen LogP contribution in [0.3, 0.4) is 0 Å². The molecule has 0 unspecified atom stereocenters. The molecule has 0 saturated heterocycles. The number of rotatable bonds is 4. The van der Waals surface area contributed by atoms with Crippen LogP contribution in [0.25, 0.3) is 21.7 Å². The number of nitrogens with zero attached hydrogens (tertiary/aromatic N) is 1. The van der Waals surface area contributed by atoms with E-state index in [0.29, 0.717) is 6.61 Å². The monoisotopic (exact) mass is 309 g/mol. The molecule has 0 radical (unpaired) electrons. The third-order valence-electron chi connectivity index (χ3n) is 3.99. The van der Waals surface area contributed by atoms with Crippen molar-refractivity contribution in [2.24, 2.45) is 0 Å². The van der Waals surface area contributed by atoms with Crippen molar-refractivity contribution in [3.8, 4) is 5.75 Å². The quantitative estimate of drug-likeness (QED) is 0.538. The summed E-state index contributed by atoms with van der Waals surface area (Å²) in [6.45, 7) is 4.00. The van der Waals surface area contributed by atoms with E-state index in [4.69, 9.17) is 14.5 Å². The van der Waals surface area contributed by atoms with Crippen molar-refractivity contribution in [1.82, 2.24) is 4.98 Å². The lowest BCUT2D eigenvalue weighted by molar-refractivity contribution is -0.144. The van der Waals surface area contributed by atoms with Gasteiger partial charge in [-0.15, -0.1) is 0 Å². The van der Waals surface area contributed by atoms with Crippen LogP contribution in [0.2, 0.25) is 0 Å². The maximum Gasteiger partial charge on any atom is 0.314 e. The third-order valence-corrected chi connectivity index (χ3v) is 3.99. The number of fused-ring (bicyclic) bond motifs is 3. The smallest absolute Gasteiger partial charge is 0.314 e.